The van der Waals surface area contributed by atoms with Crippen LogP contribution in [-0.4, -0.2) is 47.4 Å². The van der Waals surface area contributed by atoms with Crippen LogP contribution in [0.25, 0.3) is 0 Å². The minimum Gasteiger partial charge on any atom is -0.466 e. The van der Waals surface area contributed by atoms with E-state index in [4.69, 9.17) is 4.74 Å². The minimum absolute atomic E-state index is 0.0128. The van der Waals surface area contributed by atoms with Gasteiger partial charge in [-0.25, -0.2) is 0 Å². The summed E-state index contributed by atoms with van der Waals surface area (Å²) >= 11 is 0. The molecule has 0 fully saturated rings. The Kier molecular flexibility index (Phi) is 61.4. The predicted octanol–water partition coefficient (Wildman–Crippen LogP) is 21.0. The molecular formula is C66H131NO5. The Morgan fingerprint density at radius 1 is 0.333 bits per heavy atom. The number of carbonyl (C=O) groups is 2. The maximum absolute atomic E-state index is 12.5. The van der Waals surface area contributed by atoms with Gasteiger partial charge in [0, 0.05) is 12.8 Å². The average Bonchev–Trinajstić information content (AvgIpc) is 3.38. The van der Waals surface area contributed by atoms with Crippen LogP contribution < -0.4 is 5.32 Å². The van der Waals surface area contributed by atoms with Crippen LogP contribution in [0.5, 0.6) is 0 Å². The van der Waals surface area contributed by atoms with Crippen LogP contribution in [0.2, 0.25) is 0 Å². The number of ether oxygens (including phenoxy) is 1. The molecule has 0 aromatic carbocycles. The van der Waals surface area contributed by atoms with Gasteiger partial charge in [-0.1, -0.05) is 348 Å². The van der Waals surface area contributed by atoms with Crippen molar-refractivity contribution >= 4 is 11.9 Å². The Hall–Kier alpha value is -1.14. The quantitative estimate of drug-likeness (QED) is 0.0417. The van der Waals surface area contributed by atoms with E-state index in [-0.39, 0.29) is 18.5 Å². The highest BCUT2D eigenvalue weighted by atomic mass is 16.5. The van der Waals surface area contributed by atoms with Crippen molar-refractivity contribution in [1.82, 2.24) is 5.32 Å². The van der Waals surface area contributed by atoms with E-state index in [9.17, 15) is 19.8 Å². The third kappa shape index (κ3) is 58.1. The van der Waals surface area contributed by atoms with Crippen LogP contribution in [0.15, 0.2) is 0 Å². The summed E-state index contributed by atoms with van der Waals surface area (Å²) in [5.41, 5.74) is 0. The summed E-state index contributed by atoms with van der Waals surface area (Å²) in [5.74, 6) is -0.0211. The minimum atomic E-state index is -0.667. The molecule has 0 aromatic heterocycles. The monoisotopic (exact) mass is 1020 g/mol. The summed E-state index contributed by atoms with van der Waals surface area (Å²) in [4.78, 5) is 24.6. The van der Waals surface area contributed by atoms with Gasteiger partial charge in [-0.3, -0.25) is 9.59 Å². The summed E-state index contributed by atoms with van der Waals surface area (Å²) < 4.78 is 5.50. The summed E-state index contributed by atoms with van der Waals surface area (Å²) in [5, 5.41) is 23.4. The molecule has 0 bridgehead atoms. The maximum Gasteiger partial charge on any atom is 0.305 e. The van der Waals surface area contributed by atoms with Crippen molar-refractivity contribution in [1.29, 1.82) is 0 Å². The first-order chi connectivity index (χ1) is 35.5. The lowest BCUT2D eigenvalue weighted by Crippen LogP contribution is -2.45. The van der Waals surface area contributed by atoms with Crippen molar-refractivity contribution in [3.63, 3.8) is 0 Å². The molecule has 72 heavy (non-hydrogen) atoms. The van der Waals surface area contributed by atoms with E-state index in [0.29, 0.717) is 25.9 Å². The van der Waals surface area contributed by atoms with Gasteiger partial charge in [0.25, 0.3) is 0 Å². The van der Waals surface area contributed by atoms with Gasteiger partial charge in [0.15, 0.2) is 0 Å². The molecule has 2 atom stereocenters. The fourth-order valence-corrected chi connectivity index (χ4v) is 10.8. The fraction of sp³-hybridized carbons (Fsp3) is 0.970. The molecule has 0 aliphatic carbocycles. The van der Waals surface area contributed by atoms with Gasteiger partial charge in [-0.15, -0.1) is 0 Å². The first-order valence-electron chi connectivity index (χ1n) is 33.3. The van der Waals surface area contributed by atoms with Gasteiger partial charge < -0.3 is 20.3 Å². The number of hydrogen-bond acceptors (Lipinski definition) is 5. The van der Waals surface area contributed by atoms with Gasteiger partial charge in [-0.2, -0.15) is 0 Å². The first kappa shape index (κ1) is 70.9. The SMILES string of the molecule is CCCCCCCCCCCCCCCCCCCCCCC(O)C(CO)NC(=O)CCCCCCCCCCCCCCCCCCCCOC(=O)CCCCCCCCCCCCCCCCCCC. The van der Waals surface area contributed by atoms with Gasteiger partial charge in [-0.05, 0) is 25.7 Å². The molecule has 0 saturated carbocycles. The molecule has 1 amide bonds. The molecule has 6 nitrogen and oxygen atoms in total. The smallest absolute Gasteiger partial charge is 0.305 e. The molecule has 0 rings (SSSR count). The zero-order chi connectivity index (χ0) is 52.2. The van der Waals surface area contributed by atoms with E-state index >= 15 is 0 Å². The Morgan fingerprint density at radius 3 is 0.847 bits per heavy atom. The highest BCUT2D eigenvalue weighted by Crippen LogP contribution is 2.19. The van der Waals surface area contributed by atoms with Crippen LogP contribution in [0.1, 0.15) is 386 Å². The lowest BCUT2D eigenvalue weighted by atomic mass is 10.0. The molecule has 3 N–H and O–H groups in total. The normalized spacial score (nSPS) is 12.4. The summed E-state index contributed by atoms with van der Waals surface area (Å²) in [6, 6.07) is -0.544. The predicted molar refractivity (Wildman–Crippen MR) is 315 cm³/mol. The molecule has 0 radical (unpaired) electrons. The summed E-state index contributed by atoms with van der Waals surface area (Å²) in [7, 11) is 0. The number of carbonyl (C=O) groups excluding carboxylic acids is 2. The van der Waals surface area contributed by atoms with Crippen molar-refractivity contribution < 1.29 is 24.5 Å². The number of esters is 1. The molecule has 0 heterocycles. The number of aliphatic hydroxyl groups excluding tert-OH is 2. The Labute approximate surface area is 451 Å². The fourth-order valence-electron chi connectivity index (χ4n) is 10.8. The Balaban J connectivity index is 3.38. The molecule has 0 aromatic rings. The lowest BCUT2D eigenvalue weighted by Gasteiger charge is -2.22. The van der Waals surface area contributed by atoms with Gasteiger partial charge in [0.2, 0.25) is 5.91 Å². The molecule has 0 aliphatic heterocycles. The van der Waals surface area contributed by atoms with Gasteiger partial charge >= 0.3 is 5.97 Å². The van der Waals surface area contributed by atoms with Crippen LogP contribution in [0.3, 0.4) is 0 Å². The van der Waals surface area contributed by atoms with Crippen LogP contribution in [0.4, 0.5) is 0 Å². The molecule has 430 valence electrons. The molecule has 0 saturated heterocycles. The zero-order valence-electron chi connectivity index (χ0n) is 49.2. The second kappa shape index (κ2) is 62.4. The third-order valence-electron chi connectivity index (χ3n) is 15.9. The third-order valence-corrected chi connectivity index (χ3v) is 15.9. The van der Waals surface area contributed by atoms with E-state index < -0.39 is 12.1 Å². The summed E-state index contributed by atoms with van der Waals surface area (Å²) in [6.45, 7) is 4.99. The van der Waals surface area contributed by atoms with Crippen LogP contribution in [0, 0.1) is 0 Å². The van der Waals surface area contributed by atoms with E-state index in [1.54, 1.807) is 0 Å². The Morgan fingerprint density at radius 2 is 0.569 bits per heavy atom. The highest BCUT2D eigenvalue weighted by molar-refractivity contribution is 5.76. The molecule has 0 aliphatic rings. The molecule has 2 unspecified atom stereocenters. The standard InChI is InChI=1S/C66H131NO5/c1-3-5-7-9-11-13-15-17-19-21-22-23-27-30-34-38-42-46-50-54-58-64(69)63(62-68)67-65(70)59-55-51-47-43-39-35-31-28-24-25-29-33-37-41-45-49-53-57-61-72-66(71)60-56-52-48-44-40-36-32-26-20-18-16-14-12-10-8-6-4-2/h63-64,68-69H,3-62H2,1-2H3,(H,67,70). The molecular weight excluding hydrogens is 887 g/mol. The number of aliphatic hydroxyl groups is 2. The second-order valence-electron chi connectivity index (χ2n) is 23.2. The van der Waals surface area contributed by atoms with Crippen molar-refractivity contribution in [3.8, 4) is 0 Å². The van der Waals surface area contributed by atoms with Crippen molar-refractivity contribution in [2.75, 3.05) is 13.2 Å². The zero-order valence-corrected chi connectivity index (χ0v) is 49.2. The van der Waals surface area contributed by atoms with Gasteiger partial charge in [0.1, 0.15) is 0 Å². The second-order valence-corrected chi connectivity index (χ2v) is 23.2. The van der Waals surface area contributed by atoms with E-state index in [0.717, 1.165) is 38.5 Å². The van der Waals surface area contributed by atoms with Crippen molar-refractivity contribution in [2.45, 2.75) is 398 Å². The average molecular weight is 1020 g/mol. The Bertz CT molecular complexity index is 1040. The number of nitrogens with one attached hydrogen (secondary N) is 1. The van der Waals surface area contributed by atoms with E-state index in [1.165, 1.54) is 315 Å². The number of hydrogen-bond donors (Lipinski definition) is 3. The van der Waals surface area contributed by atoms with Crippen molar-refractivity contribution in [3.05, 3.63) is 0 Å². The van der Waals surface area contributed by atoms with Gasteiger partial charge in [0.05, 0.1) is 25.4 Å². The van der Waals surface area contributed by atoms with E-state index in [2.05, 4.69) is 19.2 Å². The lowest BCUT2D eigenvalue weighted by molar-refractivity contribution is -0.143. The highest BCUT2D eigenvalue weighted by Gasteiger charge is 2.20. The van der Waals surface area contributed by atoms with Crippen LogP contribution >= 0.6 is 0 Å². The summed E-state index contributed by atoms with van der Waals surface area (Å²) in [6.07, 6.45) is 74.1. The number of amides is 1. The number of unbranched alkanes of at least 4 members (excludes halogenated alkanes) is 52. The largest absolute Gasteiger partial charge is 0.466 e. The van der Waals surface area contributed by atoms with E-state index in [1.807, 2.05) is 0 Å². The van der Waals surface area contributed by atoms with Crippen molar-refractivity contribution in [2.24, 2.45) is 0 Å². The number of rotatable bonds is 63. The molecule has 0 spiro atoms. The maximum atomic E-state index is 12.5. The topological polar surface area (TPSA) is 95.9 Å². The first-order valence-corrected chi connectivity index (χ1v) is 33.3. The molecule has 6 heteroatoms. The van der Waals surface area contributed by atoms with Crippen LogP contribution in [-0.2, 0) is 14.3 Å².